The van der Waals surface area contributed by atoms with Gasteiger partial charge in [-0.15, -0.1) is 0 Å². The lowest BCUT2D eigenvalue weighted by molar-refractivity contribution is 0.146. The summed E-state index contributed by atoms with van der Waals surface area (Å²) >= 11 is 0. The Morgan fingerprint density at radius 1 is 1.62 bits per heavy atom. The summed E-state index contributed by atoms with van der Waals surface area (Å²) in [5, 5.41) is 8.99. The number of hydrogen-bond donors (Lipinski definition) is 2. The lowest BCUT2D eigenvalue weighted by atomic mass is 10.2. The van der Waals surface area contributed by atoms with Crippen molar-refractivity contribution in [2.24, 2.45) is 0 Å². The van der Waals surface area contributed by atoms with E-state index in [1.165, 1.54) is 7.11 Å². The standard InChI is InChI=1S/C7H8F2N2O2/c1-13-7-4(6(8)9)5(10)3(12)2-11-7/h2,6,12H,1H3,(H2,10,11). The van der Waals surface area contributed by atoms with Gasteiger partial charge in [0.25, 0.3) is 6.43 Å². The molecule has 0 atom stereocenters. The van der Waals surface area contributed by atoms with E-state index in [9.17, 15) is 8.78 Å². The Labute approximate surface area is 73.0 Å². The second-order valence-electron chi connectivity index (χ2n) is 2.28. The number of rotatable bonds is 2. The molecule has 0 aliphatic heterocycles. The summed E-state index contributed by atoms with van der Waals surface area (Å²) in [6.07, 6.45) is -1.87. The van der Waals surface area contributed by atoms with Crippen LogP contribution in [0, 0.1) is 0 Å². The Balaban J connectivity index is 3.32. The molecule has 0 saturated heterocycles. The summed E-state index contributed by atoms with van der Waals surface area (Å²) in [5.74, 6) is -0.749. The van der Waals surface area contributed by atoms with Crippen LogP contribution < -0.4 is 10.5 Å². The van der Waals surface area contributed by atoms with Gasteiger partial charge in [0, 0.05) is 0 Å². The third-order valence-electron chi connectivity index (χ3n) is 1.51. The van der Waals surface area contributed by atoms with Crippen LogP contribution in [-0.2, 0) is 0 Å². The highest BCUT2D eigenvalue weighted by molar-refractivity contribution is 5.60. The molecule has 0 bridgehead atoms. The summed E-state index contributed by atoms with van der Waals surface area (Å²) in [6.45, 7) is 0. The van der Waals surface area contributed by atoms with Crippen molar-refractivity contribution in [1.82, 2.24) is 4.98 Å². The van der Waals surface area contributed by atoms with Crippen molar-refractivity contribution in [3.63, 3.8) is 0 Å². The summed E-state index contributed by atoms with van der Waals surface area (Å²) in [4.78, 5) is 3.45. The van der Waals surface area contributed by atoms with Gasteiger partial charge in [-0.1, -0.05) is 0 Å². The Morgan fingerprint density at radius 3 is 2.69 bits per heavy atom. The van der Waals surface area contributed by atoms with Gasteiger partial charge in [-0.3, -0.25) is 0 Å². The maximum Gasteiger partial charge on any atom is 0.271 e. The first-order chi connectivity index (χ1) is 6.07. The lowest BCUT2D eigenvalue weighted by Crippen LogP contribution is -2.01. The lowest BCUT2D eigenvalue weighted by Gasteiger charge is -2.09. The molecule has 0 aliphatic carbocycles. The van der Waals surface area contributed by atoms with Crippen LogP contribution in [0.15, 0.2) is 6.20 Å². The summed E-state index contributed by atoms with van der Waals surface area (Å²) in [6, 6.07) is 0. The zero-order valence-electron chi connectivity index (χ0n) is 6.79. The van der Waals surface area contributed by atoms with E-state index in [2.05, 4.69) is 9.72 Å². The largest absolute Gasteiger partial charge is 0.504 e. The van der Waals surface area contributed by atoms with E-state index in [4.69, 9.17) is 10.8 Å². The van der Waals surface area contributed by atoms with Crippen molar-refractivity contribution in [2.75, 3.05) is 12.8 Å². The summed E-state index contributed by atoms with van der Waals surface area (Å²) < 4.78 is 29.2. The average Bonchev–Trinajstić information content (AvgIpc) is 2.08. The second kappa shape index (κ2) is 3.42. The molecule has 0 amide bonds. The monoisotopic (exact) mass is 190 g/mol. The average molecular weight is 190 g/mol. The maximum atomic E-state index is 12.3. The molecule has 0 unspecified atom stereocenters. The number of aromatic hydroxyl groups is 1. The van der Waals surface area contributed by atoms with Gasteiger partial charge in [-0.05, 0) is 0 Å². The number of methoxy groups -OCH3 is 1. The van der Waals surface area contributed by atoms with Crippen molar-refractivity contribution >= 4 is 5.69 Å². The molecule has 1 aromatic heterocycles. The fourth-order valence-corrected chi connectivity index (χ4v) is 0.886. The summed E-state index contributed by atoms with van der Waals surface area (Å²) in [7, 11) is 1.20. The van der Waals surface area contributed by atoms with Crippen LogP contribution in [0.2, 0.25) is 0 Å². The quantitative estimate of drug-likeness (QED) is 0.737. The highest BCUT2D eigenvalue weighted by atomic mass is 19.3. The molecule has 1 heterocycles. The minimum Gasteiger partial charge on any atom is -0.504 e. The SMILES string of the molecule is COc1ncc(O)c(N)c1C(F)F. The third-order valence-corrected chi connectivity index (χ3v) is 1.51. The summed E-state index contributed by atoms with van der Waals surface area (Å²) in [5.41, 5.74) is 4.23. The molecule has 13 heavy (non-hydrogen) atoms. The minimum absolute atomic E-state index is 0.273. The fourth-order valence-electron chi connectivity index (χ4n) is 0.886. The van der Waals surface area contributed by atoms with Crippen molar-refractivity contribution in [3.05, 3.63) is 11.8 Å². The molecule has 0 aliphatic rings. The molecule has 0 aromatic carbocycles. The first-order valence-electron chi connectivity index (χ1n) is 3.37. The normalized spacial score (nSPS) is 10.5. The van der Waals surface area contributed by atoms with Crippen molar-refractivity contribution in [3.8, 4) is 11.6 Å². The second-order valence-corrected chi connectivity index (χ2v) is 2.28. The molecular weight excluding hydrogens is 182 g/mol. The predicted octanol–water partition coefficient (Wildman–Crippen LogP) is 1.32. The zero-order valence-corrected chi connectivity index (χ0v) is 6.79. The molecule has 1 aromatic rings. The van der Waals surface area contributed by atoms with Gasteiger partial charge < -0.3 is 15.6 Å². The van der Waals surface area contributed by atoms with Crippen molar-refractivity contribution < 1.29 is 18.6 Å². The highest BCUT2D eigenvalue weighted by Gasteiger charge is 2.21. The number of anilines is 1. The number of aromatic nitrogens is 1. The molecule has 0 spiro atoms. The van der Waals surface area contributed by atoms with Gasteiger partial charge in [0.2, 0.25) is 5.88 Å². The minimum atomic E-state index is -2.82. The van der Waals surface area contributed by atoms with E-state index in [1.54, 1.807) is 0 Å². The molecule has 4 nitrogen and oxygen atoms in total. The van der Waals surface area contributed by atoms with E-state index in [0.29, 0.717) is 0 Å². The number of alkyl halides is 2. The number of nitrogens with two attached hydrogens (primary N) is 1. The van der Waals surface area contributed by atoms with Crippen LogP contribution in [0.3, 0.4) is 0 Å². The van der Waals surface area contributed by atoms with E-state index >= 15 is 0 Å². The number of ether oxygens (including phenoxy) is 1. The molecule has 0 saturated carbocycles. The molecule has 3 N–H and O–H groups in total. The van der Waals surface area contributed by atoms with E-state index in [1.807, 2.05) is 0 Å². The molecule has 0 fully saturated rings. The number of halogens is 2. The van der Waals surface area contributed by atoms with Crippen LogP contribution in [0.25, 0.3) is 0 Å². The van der Waals surface area contributed by atoms with Crippen LogP contribution in [0.1, 0.15) is 12.0 Å². The Hall–Kier alpha value is -1.59. The number of hydrogen-bond acceptors (Lipinski definition) is 4. The topological polar surface area (TPSA) is 68.4 Å². The molecule has 6 heteroatoms. The molecular formula is C7H8F2N2O2. The van der Waals surface area contributed by atoms with Gasteiger partial charge in [0.05, 0.1) is 19.0 Å². The van der Waals surface area contributed by atoms with Crippen LogP contribution in [0.4, 0.5) is 14.5 Å². The maximum absolute atomic E-state index is 12.3. The zero-order chi connectivity index (χ0) is 10.0. The predicted molar refractivity (Wildman–Crippen MR) is 41.8 cm³/mol. The van der Waals surface area contributed by atoms with Gasteiger partial charge in [0.15, 0.2) is 5.75 Å². The Kier molecular flexibility index (Phi) is 2.50. The van der Waals surface area contributed by atoms with Gasteiger partial charge in [0.1, 0.15) is 5.56 Å². The highest BCUT2D eigenvalue weighted by Crippen LogP contribution is 2.36. The number of nitrogen functional groups attached to an aromatic ring is 1. The number of pyridine rings is 1. The Morgan fingerprint density at radius 2 is 2.23 bits per heavy atom. The number of nitrogens with zero attached hydrogens (tertiary/aromatic N) is 1. The van der Waals surface area contributed by atoms with Crippen LogP contribution in [0.5, 0.6) is 11.6 Å². The molecule has 1 rings (SSSR count). The van der Waals surface area contributed by atoms with Crippen LogP contribution in [-0.4, -0.2) is 17.2 Å². The van der Waals surface area contributed by atoms with Crippen LogP contribution >= 0.6 is 0 Å². The van der Waals surface area contributed by atoms with Crippen molar-refractivity contribution in [2.45, 2.75) is 6.43 Å². The fraction of sp³-hybridized carbons (Fsp3) is 0.286. The van der Waals surface area contributed by atoms with E-state index < -0.39 is 23.4 Å². The first-order valence-corrected chi connectivity index (χ1v) is 3.37. The Bertz CT molecular complexity index is 318. The van der Waals surface area contributed by atoms with E-state index in [0.717, 1.165) is 6.20 Å². The van der Waals surface area contributed by atoms with Crippen molar-refractivity contribution in [1.29, 1.82) is 0 Å². The third kappa shape index (κ3) is 1.61. The molecule has 72 valence electrons. The molecule has 0 radical (unpaired) electrons. The van der Waals surface area contributed by atoms with Gasteiger partial charge in [-0.25, -0.2) is 13.8 Å². The van der Waals surface area contributed by atoms with E-state index in [-0.39, 0.29) is 5.88 Å². The smallest absolute Gasteiger partial charge is 0.271 e. The van der Waals surface area contributed by atoms with Gasteiger partial charge in [-0.2, -0.15) is 0 Å². The first kappa shape index (κ1) is 9.50. The van der Waals surface area contributed by atoms with Gasteiger partial charge >= 0.3 is 0 Å².